The van der Waals surface area contributed by atoms with E-state index in [-0.39, 0.29) is 11.7 Å². The van der Waals surface area contributed by atoms with Crippen LogP contribution in [0.15, 0.2) is 41.8 Å². The van der Waals surface area contributed by atoms with Crippen molar-refractivity contribution in [3.05, 3.63) is 52.2 Å². The highest BCUT2D eigenvalue weighted by atomic mass is 32.1. The Bertz CT molecular complexity index is 826. The molecule has 3 atom stereocenters. The third-order valence-corrected chi connectivity index (χ3v) is 6.72. The Kier molecular flexibility index (Phi) is 5.83. The third-order valence-electron chi connectivity index (χ3n) is 5.86. The molecule has 2 aliphatic heterocycles. The smallest absolute Gasteiger partial charge is 0.335 e. The van der Waals surface area contributed by atoms with Gasteiger partial charge in [-0.15, -0.1) is 11.3 Å². The van der Waals surface area contributed by atoms with E-state index in [1.54, 1.807) is 11.3 Å². The molecule has 2 aliphatic rings. The maximum Gasteiger partial charge on any atom is 0.418 e. The van der Waals surface area contributed by atoms with Gasteiger partial charge >= 0.3 is 12.2 Å². The lowest BCUT2D eigenvalue weighted by molar-refractivity contribution is -0.136. The molecule has 1 aromatic carbocycles. The minimum atomic E-state index is -4.51. The standard InChI is InChI=1S/C21H24F3N3OS/c22-21(23,24)18-8-1-2-9-19(18)26-20(28)25-14-11-15-5-3-6-16(12-14)27(15)13-17-7-4-10-29-17/h1-2,4,7-10,14-16H,3,5-6,11-13H2,(H2,25,26,28)/t14?,15-,16+. The number of hydrogen-bond acceptors (Lipinski definition) is 3. The van der Waals surface area contributed by atoms with E-state index in [1.807, 2.05) is 0 Å². The second-order valence-electron chi connectivity index (χ2n) is 7.80. The molecule has 2 aromatic rings. The van der Waals surface area contributed by atoms with Gasteiger partial charge in [-0.25, -0.2) is 4.79 Å². The van der Waals surface area contributed by atoms with Crippen molar-refractivity contribution in [3.8, 4) is 0 Å². The number of halogens is 3. The molecule has 8 heteroatoms. The first-order chi connectivity index (χ1) is 13.9. The van der Waals surface area contributed by atoms with Crippen molar-refractivity contribution in [1.29, 1.82) is 0 Å². The van der Waals surface area contributed by atoms with E-state index < -0.39 is 17.8 Å². The van der Waals surface area contributed by atoms with E-state index in [0.29, 0.717) is 12.1 Å². The van der Waals surface area contributed by atoms with Crippen LogP contribution >= 0.6 is 11.3 Å². The SMILES string of the molecule is O=C(Nc1ccccc1C(F)(F)F)NC1C[C@H]2CCC[C@@H](C1)N2Cc1cccs1. The number of alkyl halides is 3. The van der Waals surface area contributed by atoms with E-state index in [0.717, 1.165) is 38.3 Å². The maximum atomic E-state index is 13.1. The summed E-state index contributed by atoms with van der Waals surface area (Å²) in [5.41, 5.74) is -1.05. The molecule has 29 heavy (non-hydrogen) atoms. The van der Waals surface area contributed by atoms with E-state index in [2.05, 4.69) is 33.0 Å². The Hall–Kier alpha value is -2.06. The van der Waals surface area contributed by atoms with Gasteiger partial charge in [0, 0.05) is 29.5 Å². The van der Waals surface area contributed by atoms with Crippen molar-refractivity contribution >= 4 is 23.1 Å². The van der Waals surface area contributed by atoms with Crippen molar-refractivity contribution in [2.45, 2.75) is 63.0 Å². The summed E-state index contributed by atoms with van der Waals surface area (Å²) in [4.78, 5) is 16.3. The number of urea groups is 1. The summed E-state index contributed by atoms with van der Waals surface area (Å²) in [6.45, 7) is 0.935. The summed E-state index contributed by atoms with van der Waals surface area (Å²) in [5, 5.41) is 7.39. The quantitative estimate of drug-likeness (QED) is 0.685. The van der Waals surface area contributed by atoms with Crippen LogP contribution in [0.5, 0.6) is 0 Å². The molecule has 0 saturated carbocycles. The van der Waals surface area contributed by atoms with Gasteiger partial charge in [0.1, 0.15) is 0 Å². The Labute approximate surface area is 172 Å². The van der Waals surface area contributed by atoms with Gasteiger partial charge in [-0.2, -0.15) is 13.2 Å². The van der Waals surface area contributed by atoms with Crippen LogP contribution in [0, 0.1) is 0 Å². The van der Waals surface area contributed by atoms with E-state index in [1.165, 1.54) is 29.5 Å². The van der Waals surface area contributed by atoms with Crippen molar-refractivity contribution in [1.82, 2.24) is 10.2 Å². The number of nitrogens with zero attached hydrogens (tertiary/aromatic N) is 1. The fourth-order valence-electron chi connectivity index (χ4n) is 4.62. The molecule has 1 aromatic heterocycles. The largest absolute Gasteiger partial charge is 0.418 e. The normalized spacial score (nSPS) is 24.9. The van der Waals surface area contributed by atoms with Gasteiger partial charge < -0.3 is 10.6 Å². The average Bonchev–Trinajstić information content (AvgIpc) is 3.15. The number of rotatable bonds is 4. The number of amides is 2. The summed E-state index contributed by atoms with van der Waals surface area (Å²) in [6.07, 6.45) is 0.533. The van der Waals surface area contributed by atoms with E-state index in [4.69, 9.17) is 0 Å². The Morgan fingerprint density at radius 2 is 1.83 bits per heavy atom. The minimum absolute atomic E-state index is 0.0251. The first-order valence-corrected chi connectivity index (χ1v) is 10.8. The van der Waals surface area contributed by atoms with Crippen LogP contribution in [0.3, 0.4) is 0 Å². The van der Waals surface area contributed by atoms with Crippen LogP contribution in [-0.4, -0.2) is 29.1 Å². The Morgan fingerprint density at radius 3 is 2.48 bits per heavy atom. The fraction of sp³-hybridized carbons (Fsp3) is 0.476. The number of benzene rings is 1. The minimum Gasteiger partial charge on any atom is -0.335 e. The van der Waals surface area contributed by atoms with Crippen molar-refractivity contribution in [3.63, 3.8) is 0 Å². The Morgan fingerprint density at radius 1 is 1.10 bits per heavy atom. The number of para-hydroxylation sites is 1. The summed E-state index contributed by atoms with van der Waals surface area (Å²) >= 11 is 1.76. The van der Waals surface area contributed by atoms with Crippen molar-refractivity contribution in [2.75, 3.05) is 5.32 Å². The first kappa shape index (κ1) is 20.2. The van der Waals surface area contributed by atoms with Crippen LogP contribution in [0.2, 0.25) is 0 Å². The number of anilines is 1. The molecular weight excluding hydrogens is 399 g/mol. The van der Waals surface area contributed by atoms with Crippen LogP contribution in [0.1, 0.15) is 42.5 Å². The van der Waals surface area contributed by atoms with Gasteiger partial charge in [0.05, 0.1) is 11.3 Å². The molecule has 0 radical (unpaired) electrons. The third kappa shape index (κ3) is 4.75. The van der Waals surface area contributed by atoms with Crippen LogP contribution < -0.4 is 10.6 Å². The average molecular weight is 424 g/mol. The van der Waals surface area contributed by atoms with Gasteiger partial charge in [0.2, 0.25) is 0 Å². The molecule has 156 valence electrons. The number of carbonyl (C=O) groups excluding carboxylic acids is 1. The second-order valence-corrected chi connectivity index (χ2v) is 8.83. The molecule has 2 amide bonds. The van der Waals surface area contributed by atoms with Crippen LogP contribution in [0.4, 0.5) is 23.7 Å². The number of carbonyl (C=O) groups is 1. The highest BCUT2D eigenvalue weighted by Gasteiger charge is 2.39. The molecule has 0 spiro atoms. The highest BCUT2D eigenvalue weighted by Crippen LogP contribution is 2.36. The van der Waals surface area contributed by atoms with Gasteiger partial charge in [-0.1, -0.05) is 24.6 Å². The zero-order valence-corrected chi connectivity index (χ0v) is 16.7. The molecule has 2 bridgehead atoms. The predicted molar refractivity (Wildman–Crippen MR) is 108 cm³/mol. The molecule has 0 aliphatic carbocycles. The summed E-state index contributed by atoms with van der Waals surface area (Å²) in [6, 6.07) is 9.47. The molecule has 4 nitrogen and oxygen atoms in total. The van der Waals surface area contributed by atoms with Gasteiger partial charge in [-0.3, -0.25) is 4.90 Å². The van der Waals surface area contributed by atoms with E-state index >= 15 is 0 Å². The fourth-order valence-corrected chi connectivity index (χ4v) is 5.33. The van der Waals surface area contributed by atoms with E-state index in [9.17, 15) is 18.0 Å². The van der Waals surface area contributed by atoms with Crippen molar-refractivity contribution in [2.24, 2.45) is 0 Å². The monoisotopic (exact) mass is 423 g/mol. The number of fused-ring (bicyclic) bond motifs is 2. The molecule has 2 fully saturated rings. The summed E-state index contributed by atoms with van der Waals surface area (Å²) in [7, 11) is 0. The zero-order valence-electron chi connectivity index (χ0n) is 15.9. The number of nitrogens with one attached hydrogen (secondary N) is 2. The summed E-state index contributed by atoms with van der Waals surface area (Å²) in [5.74, 6) is 0. The second kappa shape index (κ2) is 8.36. The van der Waals surface area contributed by atoms with Gasteiger partial charge in [0.25, 0.3) is 0 Å². The van der Waals surface area contributed by atoms with Crippen LogP contribution in [-0.2, 0) is 12.7 Å². The Balaban J connectivity index is 1.38. The molecule has 3 heterocycles. The first-order valence-electron chi connectivity index (χ1n) is 9.92. The lowest BCUT2D eigenvalue weighted by Crippen LogP contribution is -2.56. The number of hydrogen-bond donors (Lipinski definition) is 2. The van der Waals surface area contributed by atoms with Crippen molar-refractivity contribution < 1.29 is 18.0 Å². The molecule has 4 rings (SSSR count). The molecule has 1 unspecified atom stereocenters. The number of piperidine rings is 2. The van der Waals surface area contributed by atoms with Gasteiger partial charge in [-0.05, 0) is 49.3 Å². The highest BCUT2D eigenvalue weighted by molar-refractivity contribution is 7.09. The molecule has 2 saturated heterocycles. The zero-order chi connectivity index (χ0) is 20.4. The summed E-state index contributed by atoms with van der Waals surface area (Å²) < 4.78 is 39.4. The molecule has 2 N–H and O–H groups in total. The lowest BCUT2D eigenvalue weighted by atomic mass is 9.81. The van der Waals surface area contributed by atoms with Gasteiger partial charge in [0.15, 0.2) is 0 Å². The number of thiophene rings is 1. The van der Waals surface area contributed by atoms with Crippen LogP contribution in [0.25, 0.3) is 0 Å². The molecular formula is C21H24F3N3OS. The predicted octanol–water partition coefficient (Wildman–Crippen LogP) is 5.47. The lowest BCUT2D eigenvalue weighted by Gasteiger charge is -2.49. The maximum absolute atomic E-state index is 13.1. The topological polar surface area (TPSA) is 44.4 Å².